The van der Waals surface area contributed by atoms with Gasteiger partial charge in [-0.15, -0.1) is 0 Å². The van der Waals surface area contributed by atoms with Gasteiger partial charge in [0.2, 0.25) is 5.91 Å². The van der Waals surface area contributed by atoms with Crippen molar-refractivity contribution in [1.82, 2.24) is 14.8 Å². The Bertz CT molecular complexity index is 644. The summed E-state index contributed by atoms with van der Waals surface area (Å²) in [6.07, 6.45) is 5.68. The number of pyridine rings is 1. The van der Waals surface area contributed by atoms with Gasteiger partial charge in [-0.05, 0) is 25.5 Å². The number of hydrogen-bond acceptors (Lipinski definition) is 5. The lowest BCUT2D eigenvalue weighted by atomic mass is 10.2. The van der Waals surface area contributed by atoms with Crippen molar-refractivity contribution in [1.29, 1.82) is 0 Å². The second-order valence-corrected chi connectivity index (χ2v) is 4.91. The summed E-state index contributed by atoms with van der Waals surface area (Å²) in [6.45, 7) is 2.45. The second kappa shape index (κ2) is 7.65. The van der Waals surface area contributed by atoms with Gasteiger partial charge in [0, 0.05) is 19.2 Å². The number of carbonyl (C=O) groups excluding carboxylic acids is 1. The van der Waals surface area contributed by atoms with E-state index in [0.717, 1.165) is 5.69 Å². The molecule has 0 fully saturated rings. The summed E-state index contributed by atoms with van der Waals surface area (Å²) in [4.78, 5) is 27.9. The minimum Gasteiger partial charge on any atom is -0.309 e. The van der Waals surface area contributed by atoms with E-state index < -0.39 is 0 Å². The molecule has 0 saturated carbocycles. The molecule has 2 heterocycles. The van der Waals surface area contributed by atoms with Crippen LogP contribution in [0.4, 0.5) is 5.69 Å². The third-order valence-corrected chi connectivity index (χ3v) is 3.38. The Hall–Kier alpha value is -2.28. The second-order valence-electron chi connectivity index (χ2n) is 4.56. The van der Waals surface area contributed by atoms with Crippen molar-refractivity contribution in [3.8, 4) is 5.69 Å². The summed E-state index contributed by atoms with van der Waals surface area (Å²) >= 11 is 6.16. The largest absolute Gasteiger partial charge is 0.309 e. The Morgan fingerprint density at radius 3 is 2.95 bits per heavy atom. The smallest absolute Gasteiger partial charge is 0.227 e. The Morgan fingerprint density at radius 1 is 1.50 bits per heavy atom. The van der Waals surface area contributed by atoms with Gasteiger partial charge in [0.15, 0.2) is 5.15 Å². The normalized spacial score (nSPS) is 10.5. The predicted molar refractivity (Wildman–Crippen MR) is 84.3 cm³/mol. The van der Waals surface area contributed by atoms with Gasteiger partial charge in [0.1, 0.15) is 5.69 Å². The van der Waals surface area contributed by atoms with Crippen LogP contribution < -0.4 is 4.90 Å². The number of aromatic nitrogens is 3. The zero-order valence-corrected chi connectivity index (χ0v) is 12.9. The van der Waals surface area contributed by atoms with Crippen LogP contribution in [0.2, 0.25) is 5.15 Å². The van der Waals surface area contributed by atoms with Crippen molar-refractivity contribution < 1.29 is 4.79 Å². The molecule has 22 heavy (non-hydrogen) atoms. The van der Waals surface area contributed by atoms with E-state index in [1.165, 1.54) is 0 Å². The highest BCUT2D eigenvalue weighted by molar-refractivity contribution is 6.32. The van der Waals surface area contributed by atoms with E-state index in [-0.39, 0.29) is 24.0 Å². The highest BCUT2D eigenvalue weighted by Crippen LogP contribution is 2.26. The molecule has 0 radical (unpaired) electrons. The first-order chi connectivity index (χ1) is 10.7. The fourth-order valence-electron chi connectivity index (χ4n) is 2.06. The van der Waals surface area contributed by atoms with Gasteiger partial charge in [0.25, 0.3) is 0 Å². The summed E-state index contributed by atoms with van der Waals surface area (Å²) < 4.78 is 1.58. The Labute approximate surface area is 132 Å². The molecular weight excluding hydrogens is 306 g/mol. The van der Waals surface area contributed by atoms with Crippen molar-refractivity contribution in [2.24, 2.45) is 5.18 Å². The van der Waals surface area contributed by atoms with Crippen LogP contribution >= 0.6 is 11.6 Å². The molecule has 0 unspecified atom stereocenters. The van der Waals surface area contributed by atoms with Crippen LogP contribution in [0.1, 0.15) is 19.8 Å². The van der Waals surface area contributed by atoms with Gasteiger partial charge in [-0.1, -0.05) is 16.8 Å². The highest BCUT2D eigenvalue weighted by Gasteiger charge is 2.19. The van der Waals surface area contributed by atoms with Crippen LogP contribution in [0.3, 0.4) is 0 Å². The van der Waals surface area contributed by atoms with Crippen molar-refractivity contribution >= 4 is 23.2 Å². The van der Waals surface area contributed by atoms with Crippen LogP contribution in [-0.2, 0) is 4.79 Å². The Kier molecular flexibility index (Phi) is 5.60. The molecule has 8 heteroatoms. The molecule has 0 aliphatic carbocycles. The summed E-state index contributed by atoms with van der Waals surface area (Å²) in [5.74, 6) is -0.112. The average molecular weight is 322 g/mol. The number of nitroso groups, excluding NO2 is 1. The predicted octanol–water partition coefficient (Wildman–Crippen LogP) is 2.82. The van der Waals surface area contributed by atoms with Crippen LogP contribution in [0.15, 0.2) is 35.9 Å². The molecule has 1 amide bonds. The van der Waals surface area contributed by atoms with E-state index >= 15 is 0 Å². The number of nitrogens with zero attached hydrogens (tertiary/aromatic N) is 5. The van der Waals surface area contributed by atoms with E-state index in [1.54, 1.807) is 34.2 Å². The zero-order chi connectivity index (χ0) is 15.9. The molecule has 7 nitrogen and oxygen atoms in total. The molecule has 116 valence electrons. The maximum absolute atomic E-state index is 12.2. The minimum absolute atomic E-state index is 0.112. The molecule has 2 rings (SSSR count). The Balaban J connectivity index is 2.21. The average Bonchev–Trinajstić information content (AvgIpc) is 2.91. The SMILES string of the molecule is CCN(C(=O)CCCN=O)c1cn(-c2cccnc2)nc1Cl. The highest BCUT2D eigenvalue weighted by atomic mass is 35.5. The molecule has 2 aromatic heterocycles. The zero-order valence-electron chi connectivity index (χ0n) is 12.1. The van der Waals surface area contributed by atoms with Crippen molar-refractivity contribution in [2.45, 2.75) is 19.8 Å². The fourth-order valence-corrected chi connectivity index (χ4v) is 2.29. The number of amides is 1. The van der Waals surface area contributed by atoms with E-state index in [1.807, 2.05) is 13.0 Å². The van der Waals surface area contributed by atoms with E-state index in [2.05, 4.69) is 15.3 Å². The molecule has 0 spiro atoms. The number of halogens is 1. The van der Waals surface area contributed by atoms with Crippen LogP contribution in [0.25, 0.3) is 5.69 Å². The topological polar surface area (TPSA) is 80.5 Å². The Morgan fingerprint density at radius 2 is 2.32 bits per heavy atom. The first-order valence-electron chi connectivity index (χ1n) is 6.92. The van der Waals surface area contributed by atoms with E-state index in [9.17, 15) is 9.70 Å². The lowest BCUT2D eigenvalue weighted by Crippen LogP contribution is -2.30. The molecule has 0 atom stereocenters. The fraction of sp³-hybridized carbons (Fsp3) is 0.357. The van der Waals surface area contributed by atoms with Gasteiger partial charge in [0.05, 0.1) is 24.6 Å². The summed E-state index contributed by atoms with van der Waals surface area (Å²) in [5, 5.41) is 7.21. The summed E-state index contributed by atoms with van der Waals surface area (Å²) in [7, 11) is 0. The molecule has 0 aromatic carbocycles. The number of hydrogen-bond donors (Lipinski definition) is 0. The maximum atomic E-state index is 12.2. The van der Waals surface area contributed by atoms with Crippen LogP contribution in [0.5, 0.6) is 0 Å². The van der Waals surface area contributed by atoms with Crippen LogP contribution in [0, 0.1) is 4.91 Å². The van der Waals surface area contributed by atoms with E-state index in [4.69, 9.17) is 11.6 Å². The standard InChI is InChI=1S/C14H16ClN5O2/c1-2-19(13(21)6-4-8-17-22)12-10-20(18-14(12)15)11-5-3-7-16-9-11/h3,5,7,9-10H,2,4,6,8H2,1H3. The van der Waals surface area contributed by atoms with Crippen molar-refractivity contribution in [2.75, 3.05) is 18.0 Å². The minimum atomic E-state index is -0.112. The molecule has 0 saturated heterocycles. The van der Waals surface area contributed by atoms with E-state index in [0.29, 0.717) is 18.7 Å². The number of carbonyl (C=O) groups is 1. The molecule has 0 N–H and O–H groups in total. The third kappa shape index (κ3) is 3.67. The van der Waals surface area contributed by atoms with Gasteiger partial charge in [-0.25, -0.2) is 4.68 Å². The van der Waals surface area contributed by atoms with Crippen LogP contribution in [-0.4, -0.2) is 33.8 Å². The molecule has 0 aliphatic rings. The maximum Gasteiger partial charge on any atom is 0.227 e. The quantitative estimate of drug-likeness (QED) is 0.580. The molecule has 0 bridgehead atoms. The number of rotatable bonds is 7. The van der Waals surface area contributed by atoms with Crippen molar-refractivity contribution in [3.05, 3.63) is 40.8 Å². The molecule has 2 aromatic rings. The first kappa shape index (κ1) is 16.1. The van der Waals surface area contributed by atoms with Gasteiger partial charge in [-0.2, -0.15) is 10.0 Å². The lowest BCUT2D eigenvalue weighted by Gasteiger charge is -2.19. The summed E-state index contributed by atoms with van der Waals surface area (Å²) in [6, 6.07) is 3.63. The third-order valence-electron chi connectivity index (χ3n) is 3.11. The van der Waals surface area contributed by atoms with Gasteiger partial charge < -0.3 is 4.90 Å². The first-order valence-corrected chi connectivity index (χ1v) is 7.30. The monoisotopic (exact) mass is 321 g/mol. The van der Waals surface area contributed by atoms with Gasteiger partial charge in [-0.3, -0.25) is 9.78 Å². The van der Waals surface area contributed by atoms with Gasteiger partial charge >= 0.3 is 0 Å². The summed E-state index contributed by atoms with van der Waals surface area (Å²) in [5.41, 5.74) is 1.29. The van der Waals surface area contributed by atoms with Crippen molar-refractivity contribution in [3.63, 3.8) is 0 Å². The molecule has 0 aliphatic heterocycles. The number of anilines is 1. The molecular formula is C14H16ClN5O2. The lowest BCUT2D eigenvalue weighted by molar-refractivity contribution is -0.118.